The third-order valence-corrected chi connectivity index (χ3v) is 3.66. The number of anilines is 1. The quantitative estimate of drug-likeness (QED) is 0.803. The Morgan fingerprint density at radius 1 is 1.14 bits per heavy atom. The molecule has 0 aliphatic carbocycles. The van der Waals surface area contributed by atoms with E-state index in [4.69, 9.17) is 10.8 Å². The molecule has 0 aliphatic heterocycles. The second-order valence-electron chi connectivity index (χ2n) is 5.12. The highest BCUT2D eigenvalue weighted by atomic mass is 15.3. The van der Waals surface area contributed by atoms with Crippen molar-refractivity contribution in [2.24, 2.45) is 7.05 Å². The second-order valence-corrected chi connectivity index (χ2v) is 5.12. The van der Waals surface area contributed by atoms with Crippen molar-refractivity contribution in [3.63, 3.8) is 0 Å². The summed E-state index contributed by atoms with van der Waals surface area (Å²) in [6.45, 7) is 4.10. The lowest BCUT2D eigenvalue weighted by molar-refractivity contribution is 0.746. The molecule has 3 aromatic rings. The minimum atomic E-state index is 0.669. The normalized spacial score (nSPS) is 11.0. The van der Waals surface area contributed by atoms with Crippen molar-refractivity contribution in [3.8, 4) is 16.9 Å². The summed E-state index contributed by atoms with van der Waals surface area (Å²) < 4.78 is 3.61. The van der Waals surface area contributed by atoms with E-state index in [1.165, 1.54) is 0 Å². The van der Waals surface area contributed by atoms with E-state index in [-0.39, 0.29) is 0 Å². The molecule has 0 spiro atoms. The highest BCUT2D eigenvalue weighted by Gasteiger charge is 2.18. The van der Waals surface area contributed by atoms with Gasteiger partial charge >= 0.3 is 0 Å². The van der Waals surface area contributed by atoms with Crippen LogP contribution in [-0.2, 0) is 13.5 Å². The van der Waals surface area contributed by atoms with Crippen molar-refractivity contribution in [2.75, 3.05) is 5.73 Å². The molecule has 0 unspecified atom stereocenters. The fourth-order valence-corrected chi connectivity index (χ4v) is 2.52. The Balaban J connectivity index is 2.17. The van der Waals surface area contributed by atoms with Crippen molar-refractivity contribution in [1.82, 2.24) is 19.6 Å². The molecular formula is C16H19N5. The molecule has 5 nitrogen and oxygen atoms in total. The maximum atomic E-state index is 6.24. The lowest BCUT2D eigenvalue weighted by atomic mass is 10.1. The number of para-hydroxylation sites is 1. The Kier molecular flexibility index (Phi) is 3.25. The monoisotopic (exact) mass is 281 g/mol. The van der Waals surface area contributed by atoms with E-state index in [1.807, 2.05) is 55.2 Å². The van der Waals surface area contributed by atoms with Gasteiger partial charge in [-0.25, -0.2) is 4.68 Å². The van der Waals surface area contributed by atoms with Crippen molar-refractivity contribution < 1.29 is 0 Å². The maximum absolute atomic E-state index is 6.24. The number of hydrogen-bond donors (Lipinski definition) is 1. The van der Waals surface area contributed by atoms with E-state index in [0.717, 1.165) is 34.6 Å². The number of rotatable bonds is 3. The summed E-state index contributed by atoms with van der Waals surface area (Å²) in [6.07, 6.45) is 2.87. The standard InChI is InChI=1S/C16H19N5/c1-4-14-13(10-20(3)18-14)15-11(2)16(17)21(19-15)12-8-6-5-7-9-12/h5-10H,4,17H2,1-3H3. The fourth-order valence-electron chi connectivity index (χ4n) is 2.52. The van der Waals surface area contributed by atoms with Gasteiger partial charge in [0.2, 0.25) is 0 Å². The van der Waals surface area contributed by atoms with Crippen LogP contribution in [0.1, 0.15) is 18.2 Å². The number of nitrogens with two attached hydrogens (primary N) is 1. The summed E-state index contributed by atoms with van der Waals surface area (Å²) in [6, 6.07) is 9.93. The average molecular weight is 281 g/mol. The van der Waals surface area contributed by atoms with Gasteiger partial charge in [0, 0.05) is 24.4 Å². The van der Waals surface area contributed by atoms with E-state index in [1.54, 1.807) is 4.68 Å². The van der Waals surface area contributed by atoms with Crippen molar-refractivity contribution >= 4 is 5.82 Å². The number of nitrogen functional groups attached to an aromatic ring is 1. The molecule has 0 bridgehead atoms. The van der Waals surface area contributed by atoms with Crippen molar-refractivity contribution in [1.29, 1.82) is 0 Å². The number of aromatic nitrogens is 4. The third kappa shape index (κ3) is 2.20. The zero-order chi connectivity index (χ0) is 15.0. The van der Waals surface area contributed by atoms with Gasteiger partial charge in [0.25, 0.3) is 0 Å². The van der Waals surface area contributed by atoms with Gasteiger partial charge in [-0.1, -0.05) is 25.1 Å². The molecule has 0 radical (unpaired) electrons. The predicted octanol–water partition coefficient (Wildman–Crippen LogP) is 2.73. The number of benzene rings is 1. The Morgan fingerprint density at radius 2 is 1.86 bits per heavy atom. The summed E-state index contributed by atoms with van der Waals surface area (Å²) >= 11 is 0. The highest BCUT2D eigenvalue weighted by Crippen LogP contribution is 2.30. The minimum absolute atomic E-state index is 0.669. The van der Waals surface area contributed by atoms with E-state index in [0.29, 0.717) is 5.82 Å². The van der Waals surface area contributed by atoms with Crippen LogP contribution in [0, 0.1) is 6.92 Å². The van der Waals surface area contributed by atoms with Crippen LogP contribution in [0.5, 0.6) is 0 Å². The first-order valence-electron chi connectivity index (χ1n) is 7.05. The van der Waals surface area contributed by atoms with Gasteiger partial charge in [0.05, 0.1) is 11.4 Å². The average Bonchev–Trinajstić information content (AvgIpc) is 3.01. The van der Waals surface area contributed by atoms with Crippen LogP contribution in [0.15, 0.2) is 36.5 Å². The Bertz CT molecular complexity index is 768. The molecule has 0 atom stereocenters. The maximum Gasteiger partial charge on any atom is 0.130 e. The molecule has 0 aliphatic rings. The van der Waals surface area contributed by atoms with Crippen LogP contribution in [0.25, 0.3) is 16.9 Å². The molecule has 108 valence electrons. The second kappa shape index (κ2) is 5.09. The summed E-state index contributed by atoms with van der Waals surface area (Å²) in [5, 5.41) is 9.19. The summed E-state index contributed by atoms with van der Waals surface area (Å²) in [5.41, 5.74) is 11.2. The fraction of sp³-hybridized carbons (Fsp3) is 0.250. The van der Waals surface area contributed by atoms with Gasteiger partial charge in [-0.2, -0.15) is 10.2 Å². The summed E-state index contributed by atoms with van der Waals surface area (Å²) in [4.78, 5) is 0. The molecule has 1 aromatic carbocycles. The first-order chi connectivity index (χ1) is 10.1. The molecule has 3 rings (SSSR count). The Morgan fingerprint density at radius 3 is 2.52 bits per heavy atom. The SMILES string of the molecule is CCc1nn(C)cc1-c1nn(-c2ccccc2)c(N)c1C. The van der Waals surface area contributed by atoms with Crippen LogP contribution < -0.4 is 5.73 Å². The first-order valence-corrected chi connectivity index (χ1v) is 7.05. The van der Waals surface area contributed by atoms with Gasteiger partial charge in [0.15, 0.2) is 0 Å². The molecular weight excluding hydrogens is 262 g/mol. The molecule has 2 N–H and O–H groups in total. The largest absolute Gasteiger partial charge is 0.383 e. The van der Waals surface area contributed by atoms with E-state index < -0.39 is 0 Å². The van der Waals surface area contributed by atoms with E-state index in [9.17, 15) is 0 Å². The number of aryl methyl sites for hydroxylation is 2. The zero-order valence-corrected chi connectivity index (χ0v) is 12.5. The molecule has 2 aromatic heterocycles. The summed E-state index contributed by atoms with van der Waals surface area (Å²) in [5.74, 6) is 0.669. The van der Waals surface area contributed by atoms with Crippen LogP contribution >= 0.6 is 0 Å². The van der Waals surface area contributed by atoms with Gasteiger partial charge in [-0.15, -0.1) is 0 Å². The van der Waals surface area contributed by atoms with Crippen LogP contribution in [0.3, 0.4) is 0 Å². The van der Waals surface area contributed by atoms with Gasteiger partial charge < -0.3 is 5.73 Å². The smallest absolute Gasteiger partial charge is 0.130 e. The van der Waals surface area contributed by atoms with E-state index >= 15 is 0 Å². The van der Waals surface area contributed by atoms with Gasteiger partial charge in [-0.3, -0.25) is 4.68 Å². The van der Waals surface area contributed by atoms with E-state index in [2.05, 4.69) is 12.0 Å². The molecule has 0 fully saturated rings. The highest BCUT2D eigenvalue weighted by molar-refractivity contribution is 5.70. The van der Waals surface area contributed by atoms with Gasteiger partial charge in [-0.05, 0) is 25.5 Å². The Labute approximate surface area is 124 Å². The first kappa shape index (κ1) is 13.4. The Hall–Kier alpha value is -2.56. The molecule has 2 heterocycles. The number of nitrogens with zero attached hydrogens (tertiary/aromatic N) is 4. The zero-order valence-electron chi connectivity index (χ0n) is 12.5. The lowest BCUT2D eigenvalue weighted by Crippen LogP contribution is -2.01. The van der Waals surface area contributed by atoms with Gasteiger partial charge in [0.1, 0.15) is 11.5 Å². The molecule has 0 saturated heterocycles. The third-order valence-electron chi connectivity index (χ3n) is 3.66. The topological polar surface area (TPSA) is 61.7 Å². The predicted molar refractivity (Wildman–Crippen MR) is 84.3 cm³/mol. The molecule has 0 amide bonds. The molecule has 5 heteroatoms. The molecule has 21 heavy (non-hydrogen) atoms. The summed E-state index contributed by atoms with van der Waals surface area (Å²) in [7, 11) is 1.93. The minimum Gasteiger partial charge on any atom is -0.383 e. The molecule has 0 saturated carbocycles. The van der Waals surface area contributed by atoms with Crippen LogP contribution in [0.2, 0.25) is 0 Å². The number of hydrogen-bond acceptors (Lipinski definition) is 3. The lowest BCUT2D eigenvalue weighted by Gasteiger charge is -2.02. The van der Waals surface area contributed by atoms with Crippen molar-refractivity contribution in [2.45, 2.75) is 20.3 Å². The van der Waals surface area contributed by atoms with Crippen LogP contribution in [-0.4, -0.2) is 19.6 Å². The van der Waals surface area contributed by atoms with Crippen LogP contribution in [0.4, 0.5) is 5.82 Å². The van der Waals surface area contributed by atoms with Crippen molar-refractivity contribution in [3.05, 3.63) is 47.8 Å².